The lowest BCUT2D eigenvalue weighted by molar-refractivity contribution is 0.401. The fourth-order valence-corrected chi connectivity index (χ4v) is 3.63. The second kappa shape index (κ2) is 6.58. The van der Waals surface area contributed by atoms with Crippen LogP contribution in [0, 0.1) is 11.7 Å². The van der Waals surface area contributed by atoms with Crippen molar-refractivity contribution < 1.29 is 4.39 Å². The predicted molar refractivity (Wildman–Crippen MR) is 76.6 cm³/mol. The number of hydrogen-bond acceptors (Lipinski definition) is 2. The summed E-state index contributed by atoms with van der Waals surface area (Å²) in [5, 5.41) is 3.63. The molecule has 1 unspecified atom stereocenters. The zero-order chi connectivity index (χ0) is 13.0. The van der Waals surface area contributed by atoms with Crippen LogP contribution in [0.2, 0.25) is 0 Å². The lowest BCUT2D eigenvalue weighted by Gasteiger charge is -2.27. The van der Waals surface area contributed by atoms with Gasteiger partial charge < -0.3 is 5.32 Å². The van der Waals surface area contributed by atoms with Gasteiger partial charge in [-0.05, 0) is 36.3 Å². The molecule has 1 aromatic carbocycles. The molecule has 0 amide bonds. The third kappa shape index (κ3) is 3.07. The van der Waals surface area contributed by atoms with E-state index in [-0.39, 0.29) is 5.82 Å². The summed E-state index contributed by atoms with van der Waals surface area (Å²) in [5.41, 5.74) is 1.15. The average Bonchev–Trinajstić information content (AvgIpc) is 2.41. The molecule has 1 aliphatic heterocycles. The monoisotopic (exact) mass is 267 g/mol. The number of halogens is 1. The van der Waals surface area contributed by atoms with Crippen LogP contribution < -0.4 is 5.32 Å². The van der Waals surface area contributed by atoms with Gasteiger partial charge in [0.1, 0.15) is 5.82 Å². The van der Waals surface area contributed by atoms with Gasteiger partial charge in [-0.1, -0.05) is 38.8 Å². The zero-order valence-corrected chi connectivity index (χ0v) is 12.0. The lowest BCUT2D eigenvalue weighted by atomic mass is 10.00. The summed E-state index contributed by atoms with van der Waals surface area (Å²) in [7, 11) is 0. The highest BCUT2D eigenvalue weighted by Crippen LogP contribution is 2.37. The first-order valence-electron chi connectivity index (χ1n) is 6.90. The van der Waals surface area contributed by atoms with E-state index in [1.54, 1.807) is 17.8 Å². The van der Waals surface area contributed by atoms with Crippen LogP contribution in [0.5, 0.6) is 0 Å². The predicted octanol–water partition coefficient (Wildman–Crippen LogP) is 4.39. The van der Waals surface area contributed by atoms with Crippen molar-refractivity contribution in [3.05, 3.63) is 29.6 Å². The fourth-order valence-electron chi connectivity index (χ4n) is 2.48. The highest BCUT2D eigenvalue weighted by molar-refractivity contribution is 7.99. The van der Waals surface area contributed by atoms with Crippen LogP contribution in [0.1, 0.15) is 44.7 Å². The van der Waals surface area contributed by atoms with Crippen molar-refractivity contribution in [1.82, 2.24) is 5.32 Å². The molecular formula is C15H22FNS. The molecule has 2 rings (SSSR count). The topological polar surface area (TPSA) is 12.0 Å². The number of hydrogen-bond donors (Lipinski definition) is 1. The van der Waals surface area contributed by atoms with E-state index >= 15 is 0 Å². The molecule has 1 aliphatic rings. The van der Waals surface area contributed by atoms with Crippen LogP contribution in [0.15, 0.2) is 23.1 Å². The van der Waals surface area contributed by atoms with Crippen molar-refractivity contribution in [1.29, 1.82) is 0 Å². The van der Waals surface area contributed by atoms with E-state index in [0.717, 1.165) is 35.1 Å². The van der Waals surface area contributed by atoms with E-state index in [4.69, 9.17) is 0 Å². The molecule has 0 aliphatic carbocycles. The molecule has 0 fully saturated rings. The first-order chi connectivity index (χ1) is 8.76. The van der Waals surface area contributed by atoms with Gasteiger partial charge in [0.2, 0.25) is 0 Å². The average molecular weight is 267 g/mol. The van der Waals surface area contributed by atoms with Crippen LogP contribution in [0.3, 0.4) is 0 Å². The molecule has 0 aromatic heterocycles. The van der Waals surface area contributed by atoms with E-state index in [2.05, 4.69) is 25.2 Å². The molecule has 18 heavy (non-hydrogen) atoms. The second-order valence-electron chi connectivity index (χ2n) is 4.94. The summed E-state index contributed by atoms with van der Waals surface area (Å²) in [6.07, 6.45) is 3.52. The van der Waals surface area contributed by atoms with Crippen LogP contribution >= 0.6 is 11.8 Å². The second-order valence-corrected chi connectivity index (χ2v) is 6.04. The van der Waals surface area contributed by atoms with Gasteiger partial charge in [0.15, 0.2) is 0 Å². The van der Waals surface area contributed by atoms with Gasteiger partial charge in [-0.15, -0.1) is 11.8 Å². The van der Waals surface area contributed by atoms with Crippen LogP contribution in [0.4, 0.5) is 4.39 Å². The summed E-state index contributed by atoms with van der Waals surface area (Å²) in [6, 6.07) is 5.79. The molecule has 100 valence electrons. The van der Waals surface area contributed by atoms with Crippen LogP contribution in [-0.2, 0) is 0 Å². The van der Waals surface area contributed by atoms with Gasteiger partial charge >= 0.3 is 0 Å². The van der Waals surface area contributed by atoms with Crippen molar-refractivity contribution in [3.63, 3.8) is 0 Å². The third-order valence-corrected chi connectivity index (χ3v) is 4.99. The van der Waals surface area contributed by atoms with Gasteiger partial charge in [-0.25, -0.2) is 4.39 Å². The maximum Gasteiger partial charge on any atom is 0.137 e. The number of thioether (sulfide) groups is 1. The third-order valence-electron chi connectivity index (χ3n) is 3.83. The van der Waals surface area contributed by atoms with Crippen molar-refractivity contribution >= 4 is 11.8 Å². The van der Waals surface area contributed by atoms with Crippen molar-refractivity contribution in [3.8, 4) is 0 Å². The Labute approximate surface area is 114 Å². The van der Waals surface area contributed by atoms with Gasteiger partial charge in [0, 0.05) is 10.9 Å². The first kappa shape index (κ1) is 13.9. The Hall–Kier alpha value is -0.540. The molecule has 1 aromatic rings. The number of nitrogens with one attached hydrogen (secondary N) is 1. The minimum absolute atomic E-state index is 0.0634. The summed E-state index contributed by atoms with van der Waals surface area (Å²) in [5.74, 6) is 1.68. The summed E-state index contributed by atoms with van der Waals surface area (Å²) in [6.45, 7) is 5.51. The van der Waals surface area contributed by atoms with E-state index in [0.29, 0.717) is 6.04 Å². The van der Waals surface area contributed by atoms with E-state index < -0.39 is 0 Å². The Morgan fingerprint density at radius 3 is 2.89 bits per heavy atom. The van der Waals surface area contributed by atoms with E-state index in [9.17, 15) is 4.39 Å². The first-order valence-corrected chi connectivity index (χ1v) is 7.89. The maximum atomic E-state index is 13.7. The Morgan fingerprint density at radius 2 is 2.17 bits per heavy atom. The number of rotatable bonds is 5. The SMILES string of the molecule is CCC(CC)CNC1CCSc2c(F)cccc21. The van der Waals surface area contributed by atoms with E-state index in [1.807, 2.05) is 6.07 Å². The largest absolute Gasteiger partial charge is 0.310 e. The molecular weight excluding hydrogens is 245 g/mol. The molecule has 0 bridgehead atoms. The molecule has 0 spiro atoms. The van der Waals surface area contributed by atoms with Gasteiger partial charge in [-0.2, -0.15) is 0 Å². The zero-order valence-electron chi connectivity index (χ0n) is 11.2. The molecule has 1 nitrogen and oxygen atoms in total. The van der Waals surface area contributed by atoms with Crippen molar-refractivity contribution in [2.24, 2.45) is 5.92 Å². The molecule has 0 radical (unpaired) electrons. The summed E-state index contributed by atoms with van der Waals surface area (Å²) in [4.78, 5) is 0.853. The Balaban J connectivity index is 2.06. The van der Waals surface area contributed by atoms with Gasteiger partial charge in [0.05, 0.1) is 0 Å². The highest BCUT2D eigenvalue weighted by Gasteiger charge is 2.23. The Morgan fingerprint density at radius 1 is 1.39 bits per heavy atom. The molecule has 1 N–H and O–H groups in total. The highest BCUT2D eigenvalue weighted by atomic mass is 32.2. The van der Waals surface area contributed by atoms with Crippen molar-refractivity contribution in [2.75, 3.05) is 12.3 Å². The summed E-state index contributed by atoms with van der Waals surface area (Å²) < 4.78 is 13.7. The smallest absolute Gasteiger partial charge is 0.137 e. The van der Waals surface area contributed by atoms with Gasteiger partial charge in [0.25, 0.3) is 0 Å². The summed E-state index contributed by atoms with van der Waals surface area (Å²) >= 11 is 1.65. The molecule has 3 heteroatoms. The number of fused-ring (bicyclic) bond motifs is 1. The normalized spacial score (nSPS) is 19.0. The van der Waals surface area contributed by atoms with Crippen molar-refractivity contribution in [2.45, 2.75) is 44.0 Å². The van der Waals surface area contributed by atoms with Crippen LogP contribution in [-0.4, -0.2) is 12.3 Å². The fraction of sp³-hybridized carbons (Fsp3) is 0.600. The molecule has 0 saturated carbocycles. The van der Waals surface area contributed by atoms with Gasteiger partial charge in [-0.3, -0.25) is 0 Å². The molecule has 0 saturated heterocycles. The molecule has 1 atom stereocenters. The Kier molecular flexibility index (Phi) is 5.07. The minimum Gasteiger partial charge on any atom is -0.310 e. The quantitative estimate of drug-likeness (QED) is 0.849. The minimum atomic E-state index is -0.0634. The Bertz CT molecular complexity index is 390. The standard InChI is InChI=1S/C15H22FNS/c1-3-11(4-2)10-17-14-8-9-18-15-12(14)6-5-7-13(15)16/h5-7,11,14,17H,3-4,8-10H2,1-2H3. The molecule has 1 heterocycles. The number of benzene rings is 1. The van der Waals surface area contributed by atoms with Crippen LogP contribution in [0.25, 0.3) is 0 Å². The lowest BCUT2D eigenvalue weighted by Crippen LogP contribution is -2.29. The maximum absolute atomic E-state index is 13.7. The van der Waals surface area contributed by atoms with E-state index in [1.165, 1.54) is 12.8 Å².